The van der Waals surface area contributed by atoms with Crippen LogP contribution in [0.3, 0.4) is 0 Å². The highest BCUT2D eigenvalue weighted by molar-refractivity contribution is 14.1. The lowest BCUT2D eigenvalue weighted by Crippen LogP contribution is -1.85. The lowest BCUT2D eigenvalue weighted by molar-refractivity contribution is 0.533. The molecule has 3 heterocycles. The monoisotopic (exact) mass is 465 g/mol. The minimum atomic E-state index is 0.587. The van der Waals surface area contributed by atoms with Crippen LogP contribution in [0.1, 0.15) is 0 Å². The fourth-order valence-corrected chi connectivity index (χ4v) is 2.20. The summed E-state index contributed by atoms with van der Waals surface area (Å²) in [5.41, 5.74) is 1.43. The molecule has 0 aromatic carbocycles. The summed E-state index contributed by atoms with van der Waals surface area (Å²) in [4.78, 5) is 12.6. The lowest BCUT2D eigenvalue weighted by atomic mass is 10.2. The Kier molecular flexibility index (Phi) is 3.33. The summed E-state index contributed by atoms with van der Waals surface area (Å²) in [7, 11) is 0. The third kappa shape index (κ3) is 2.41. The van der Waals surface area contributed by atoms with Gasteiger partial charge in [-0.15, -0.1) is 0 Å². The molecule has 0 atom stereocenters. The highest BCUT2D eigenvalue weighted by atomic mass is 127. The number of hydrogen-bond donors (Lipinski definition) is 0. The van der Waals surface area contributed by atoms with E-state index in [-0.39, 0.29) is 0 Å². The van der Waals surface area contributed by atoms with E-state index in [1.165, 1.54) is 0 Å². The van der Waals surface area contributed by atoms with Gasteiger partial charge in [-0.25, -0.2) is 15.0 Å². The van der Waals surface area contributed by atoms with Gasteiger partial charge in [-0.05, 0) is 12.1 Å². The minimum absolute atomic E-state index is 0.587. The van der Waals surface area contributed by atoms with Crippen molar-refractivity contribution in [2.75, 3.05) is 0 Å². The van der Waals surface area contributed by atoms with Gasteiger partial charge in [0.2, 0.25) is 0 Å². The molecule has 0 saturated heterocycles. The summed E-state index contributed by atoms with van der Waals surface area (Å²) >= 11 is 4.03. The second kappa shape index (κ2) is 4.96. The molecule has 0 saturated carbocycles. The van der Waals surface area contributed by atoms with Gasteiger partial charge in [0.1, 0.15) is 11.4 Å². The summed E-state index contributed by atoms with van der Waals surface area (Å²) in [6.07, 6.45) is 3.30. The number of halogens is 2. The fourth-order valence-electron chi connectivity index (χ4n) is 1.45. The maximum absolute atomic E-state index is 5.43. The maximum atomic E-state index is 5.43. The van der Waals surface area contributed by atoms with Crippen LogP contribution in [-0.2, 0) is 0 Å². The Labute approximate surface area is 129 Å². The molecule has 0 spiro atoms. The Morgan fingerprint density at radius 3 is 1.72 bits per heavy atom. The van der Waals surface area contributed by atoms with Crippen molar-refractivity contribution in [3.8, 4) is 22.9 Å². The second-order valence-corrected chi connectivity index (χ2v) is 5.21. The highest BCUT2D eigenvalue weighted by Crippen LogP contribution is 2.24. The van der Waals surface area contributed by atoms with E-state index in [4.69, 9.17) is 8.83 Å². The largest absolute Gasteiger partial charge is 0.430 e. The van der Waals surface area contributed by atoms with Crippen LogP contribution in [0.2, 0.25) is 0 Å². The molecule has 5 nitrogen and oxygen atoms in total. The molecule has 7 heteroatoms. The third-order valence-electron chi connectivity index (χ3n) is 2.21. The zero-order valence-corrected chi connectivity index (χ0v) is 13.1. The molecule has 0 aliphatic carbocycles. The Bertz CT molecular complexity index is 637. The van der Waals surface area contributed by atoms with Gasteiger partial charge in [0.25, 0.3) is 7.79 Å². The van der Waals surface area contributed by atoms with Crippen LogP contribution >= 0.6 is 45.2 Å². The molecule has 0 unspecified atom stereocenters. The first-order valence-electron chi connectivity index (χ1n) is 4.93. The molecule has 0 N–H and O–H groups in total. The van der Waals surface area contributed by atoms with E-state index in [1.807, 2.05) is 63.4 Å². The van der Waals surface area contributed by atoms with Crippen LogP contribution in [0.5, 0.6) is 0 Å². The van der Waals surface area contributed by atoms with E-state index < -0.39 is 0 Å². The van der Waals surface area contributed by atoms with Crippen molar-refractivity contribution in [3.63, 3.8) is 0 Å². The van der Waals surface area contributed by atoms with Crippen LogP contribution in [-0.4, -0.2) is 15.0 Å². The normalized spacial score (nSPS) is 10.8. The summed E-state index contributed by atoms with van der Waals surface area (Å²) in [6.45, 7) is 0. The first-order chi connectivity index (χ1) is 8.72. The molecular weight excluding hydrogens is 460 g/mol. The summed E-state index contributed by atoms with van der Waals surface area (Å²) in [6, 6.07) is 5.62. The molecule has 3 rings (SSSR count). The van der Waals surface area contributed by atoms with Crippen molar-refractivity contribution >= 4 is 45.2 Å². The number of hydrogen-bond acceptors (Lipinski definition) is 5. The molecule has 0 bridgehead atoms. The number of nitrogens with zero attached hydrogens (tertiary/aromatic N) is 3. The second-order valence-electron chi connectivity index (χ2n) is 3.36. The van der Waals surface area contributed by atoms with Gasteiger partial charge in [-0.3, -0.25) is 0 Å². The predicted octanol–water partition coefficient (Wildman–Crippen LogP) is 3.60. The molecule has 0 aliphatic heterocycles. The van der Waals surface area contributed by atoms with Gasteiger partial charge in [0.15, 0.2) is 11.5 Å². The van der Waals surface area contributed by atoms with E-state index in [0.29, 0.717) is 30.7 Å². The quantitative estimate of drug-likeness (QED) is 0.542. The molecule has 0 radical (unpaired) electrons. The first kappa shape index (κ1) is 12.1. The summed E-state index contributed by atoms with van der Waals surface area (Å²) < 4.78 is 12.0. The van der Waals surface area contributed by atoms with Crippen molar-refractivity contribution in [1.29, 1.82) is 0 Å². The fraction of sp³-hybridized carbons (Fsp3) is 0. The van der Waals surface area contributed by atoms with Crippen LogP contribution in [0.15, 0.2) is 39.4 Å². The molecule has 3 aromatic rings. The van der Waals surface area contributed by atoms with Crippen LogP contribution in [0.25, 0.3) is 22.9 Å². The van der Waals surface area contributed by atoms with Gasteiger partial charge in [-0.1, -0.05) is 6.07 Å². The summed E-state index contributed by atoms with van der Waals surface area (Å²) in [5.74, 6) is 1.27. The average molecular weight is 465 g/mol. The van der Waals surface area contributed by atoms with E-state index in [0.717, 1.165) is 0 Å². The molecule has 90 valence electrons. The lowest BCUT2D eigenvalue weighted by Gasteiger charge is -1.98. The first-order valence-corrected chi connectivity index (χ1v) is 7.08. The number of oxazole rings is 2. The number of aromatic nitrogens is 3. The Hall–Kier alpha value is -0.970. The topological polar surface area (TPSA) is 65.0 Å². The van der Waals surface area contributed by atoms with Crippen LogP contribution < -0.4 is 0 Å². The number of pyridine rings is 1. The SMILES string of the molecule is Ic1ncc(-c2cccc(-c3cnc(I)o3)n2)o1. The minimum Gasteiger partial charge on any atom is -0.430 e. The zero-order chi connectivity index (χ0) is 12.5. The third-order valence-corrected chi connectivity index (χ3v) is 3.21. The van der Waals surface area contributed by atoms with Gasteiger partial charge in [0, 0.05) is 45.2 Å². The Morgan fingerprint density at radius 2 is 1.33 bits per heavy atom. The molecule has 3 aromatic heterocycles. The van der Waals surface area contributed by atoms with Crippen molar-refractivity contribution in [2.45, 2.75) is 0 Å². The van der Waals surface area contributed by atoms with Crippen molar-refractivity contribution < 1.29 is 8.83 Å². The van der Waals surface area contributed by atoms with Crippen molar-refractivity contribution in [3.05, 3.63) is 38.4 Å². The van der Waals surface area contributed by atoms with Crippen LogP contribution in [0.4, 0.5) is 0 Å². The van der Waals surface area contributed by atoms with Gasteiger partial charge in [-0.2, -0.15) is 0 Å². The summed E-state index contributed by atoms with van der Waals surface area (Å²) in [5, 5.41) is 0. The molecule has 0 fully saturated rings. The van der Waals surface area contributed by atoms with E-state index in [2.05, 4.69) is 15.0 Å². The van der Waals surface area contributed by atoms with Gasteiger partial charge in [0.05, 0.1) is 12.4 Å². The standard InChI is InChI=1S/C11H5I2N3O2/c12-10-14-4-8(17-10)6-2-1-3-7(16-6)9-5-15-11(13)18-9/h1-5H. The highest BCUT2D eigenvalue weighted by Gasteiger charge is 2.10. The smallest absolute Gasteiger partial charge is 0.257 e. The van der Waals surface area contributed by atoms with Crippen molar-refractivity contribution in [1.82, 2.24) is 15.0 Å². The zero-order valence-electron chi connectivity index (χ0n) is 8.80. The maximum Gasteiger partial charge on any atom is 0.257 e. The molecular formula is C11H5I2N3O2. The number of rotatable bonds is 2. The van der Waals surface area contributed by atoms with Crippen LogP contribution in [0, 0.1) is 7.79 Å². The van der Waals surface area contributed by atoms with E-state index in [9.17, 15) is 0 Å². The van der Waals surface area contributed by atoms with Crippen molar-refractivity contribution in [2.24, 2.45) is 0 Å². The van der Waals surface area contributed by atoms with E-state index >= 15 is 0 Å². The Balaban J connectivity index is 2.04. The average Bonchev–Trinajstić information content (AvgIpc) is 2.98. The molecule has 0 aliphatic rings. The molecule has 0 amide bonds. The van der Waals surface area contributed by atoms with Gasteiger partial charge < -0.3 is 8.83 Å². The predicted molar refractivity (Wildman–Crippen MR) is 80.7 cm³/mol. The van der Waals surface area contributed by atoms with E-state index in [1.54, 1.807) is 12.4 Å². The van der Waals surface area contributed by atoms with Gasteiger partial charge >= 0.3 is 0 Å². The Morgan fingerprint density at radius 1 is 0.833 bits per heavy atom. The molecule has 18 heavy (non-hydrogen) atoms.